The molecule has 1 aliphatic heterocycles. The maximum atomic E-state index is 13.8. The monoisotopic (exact) mass is 417 g/mol. The first-order valence-corrected chi connectivity index (χ1v) is 9.97. The number of aryl methyl sites for hydroxylation is 2. The molecule has 0 aliphatic carbocycles. The molecule has 1 saturated heterocycles. The number of carbonyl (C=O) groups is 2. The second-order valence-corrected chi connectivity index (χ2v) is 7.43. The molecule has 0 aromatic heterocycles. The zero-order chi connectivity index (χ0) is 21.7. The van der Waals surface area contributed by atoms with Crippen molar-refractivity contribution in [3.05, 3.63) is 64.7 Å². The first-order chi connectivity index (χ1) is 14.4. The van der Waals surface area contributed by atoms with Gasteiger partial charge in [-0.1, -0.05) is 18.2 Å². The van der Waals surface area contributed by atoms with Crippen LogP contribution in [0.4, 0.5) is 8.78 Å². The summed E-state index contributed by atoms with van der Waals surface area (Å²) < 4.78 is 37.9. The van der Waals surface area contributed by atoms with Gasteiger partial charge in [-0.15, -0.1) is 0 Å². The van der Waals surface area contributed by atoms with Gasteiger partial charge in [0.2, 0.25) is 0 Å². The third kappa shape index (κ3) is 5.14. The number of hydrogen-bond donors (Lipinski definition) is 0. The number of piperidine rings is 1. The average Bonchev–Trinajstić information content (AvgIpc) is 2.72. The van der Waals surface area contributed by atoms with Gasteiger partial charge < -0.3 is 14.4 Å². The number of carbonyl (C=O) groups excluding carboxylic acids is 2. The van der Waals surface area contributed by atoms with E-state index in [1.807, 2.05) is 32.0 Å². The lowest BCUT2D eigenvalue weighted by atomic mass is 9.96. The standard InChI is InChI=1S/C23H25F2NO4/c1-15-4-3-5-16(2)21(15)29-12-13-30-23(28)17-8-10-26(11-9-17)22(27)19-7-6-18(24)14-20(19)25/h3-7,14,17H,8-13H2,1-2H3. The van der Waals surface area contributed by atoms with Crippen molar-refractivity contribution in [3.8, 4) is 5.75 Å². The molecule has 0 N–H and O–H groups in total. The van der Waals surface area contributed by atoms with Crippen LogP contribution in [-0.4, -0.2) is 43.1 Å². The summed E-state index contributed by atoms with van der Waals surface area (Å²) >= 11 is 0. The lowest BCUT2D eigenvalue weighted by Gasteiger charge is -2.31. The highest BCUT2D eigenvalue weighted by molar-refractivity contribution is 5.94. The lowest BCUT2D eigenvalue weighted by molar-refractivity contribution is -0.150. The van der Waals surface area contributed by atoms with Gasteiger partial charge in [0.15, 0.2) is 0 Å². The minimum atomic E-state index is -0.884. The van der Waals surface area contributed by atoms with Crippen LogP contribution in [0.1, 0.15) is 34.3 Å². The molecule has 1 aliphatic rings. The van der Waals surface area contributed by atoms with Crippen molar-refractivity contribution in [1.82, 2.24) is 4.90 Å². The molecule has 1 heterocycles. The van der Waals surface area contributed by atoms with Crippen LogP contribution in [0.25, 0.3) is 0 Å². The maximum absolute atomic E-state index is 13.8. The van der Waals surface area contributed by atoms with Crippen LogP contribution >= 0.6 is 0 Å². The van der Waals surface area contributed by atoms with Gasteiger partial charge in [-0.2, -0.15) is 0 Å². The quantitative estimate of drug-likeness (QED) is 0.526. The molecule has 160 valence electrons. The molecule has 1 fully saturated rings. The van der Waals surface area contributed by atoms with Crippen LogP contribution in [0.5, 0.6) is 5.75 Å². The van der Waals surface area contributed by atoms with Crippen molar-refractivity contribution in [2.75, 3.05) is 26.3 Å². The molecular weight excluding hydrogens is 392 g/mol. The SMILES string of the molecule is Cc1cccc(C)c1OCCOC(=O)C1CCN(C(=O)c2ccc(F)cc2F)CC1. The topological polar surface area (TPSA) is 55.8 Å². The van der Waals surface area contributed by atoms with Crippen molar-refractivity contribution in [3.63, 3.8) is 0 Å². The minimum Gasteiger partial charge on any atom is -0.489 e. The highest BCUT2D eigenvalue weighted by Crippen LogP contribution is 2.23. The molecule has 5 nitrogen and oxygen atoms in total. The van der Waals surface area contributed by atoms with E-state index in [-0.39, 0.29) is 30.7 Å². The molecule has 30 heavy (non-hydrogen) atoms. The van der Waals surface area contributed by atoms with Gasteiger partial charge in [-0.3, -0.25) is 9.59 Å². The van der Waals surface area contributed by atoms with Gasteiger partial charge in [0.25, 0.3) is 5.91 Å². The summed E-state index contributed by atoms with van der Waals surface area (Å²) in [7, 11) is 0. The van der Waals surface area contributed by atoms with E-state index in [0.29, 0.717) is 32.0 Å². The second kappa shape index (κ2) is 9.69. The van der Waals surface area contributed by atoms with Crippen LogP contribution in [0.15, 0.2) is 36.4 Å². The molecule has 0 radical (unpaired) electrons. The van der Waals surface area contributed by atoms with Crippen LogP contribution in [0.3, 0.4) is 0 Å². The molecular formula is C23H25F2NO4. The minimum absolute atomic E-state index is 0.145. The van der Waals surface area contributed by atoms with E-state index in [1.54, 1.807) is 0 Å². The Morgan fingerprint density at radius 3 is 2.33 bits per heavy atom. The molecule has 1 amide bonds. The van der Waals surface area contributed by atoms with Gasteiger partial charge in [0.1, 0.15) is 30.6 Å². The zero-order valence-corrected chi connectivity index (χ0v) is 17.1. The Bertz CT molecular complexity index is 903. The fraction of sp³-hybridized carbons (Fsp3) is 0.391. The van der Waals surface area contributed by atoms with E-state index in [2.05, 4.69) is 0 Å². The van der Waals surface area contributed by atoms with E-state index in [1.165, 1.54) is 4.90 Å². The number of halogens is 2. The number of rotatable bonds is 6. The van der Waals surface area contributed by atoms with Gasteiger partial charge >= 0.3 is 5.97 Å². The first-order valence-electron chi connectivity index (χ1n) is 9.97. The molecule has 0 atom stereocenters. The molecule has 2 aromatic rings. The number of benzene rings is 2. The molecule has 0 bridgehead atoms. The van der Waals surface area contributed by atoms with Crippen LogP contribution in [0, 0.1) is 31.4 Å². The fourth-order valence-electron chi connectivity index (χ4n) is 3.58. The van der Waals surface area contributed by atoms with Crippen molar-refractivity contribution >= 4 is 11.9 Å². The number of amides is 1. The largest absolute Gasteiger partial charge is 0.489 e. The highest BCUT2D eigenvalue weighted by Gasteiger charge is 2.29. The molecule has 7 heteroatoms. The van der Waals surface area contributed by atoms with Crippen LogP contribution in [-0.2, 0) is 9.53 Å². The highest BCUT2D eigenvalue weighted by atomic mass is 19.1. The zero-order valence-electron chi connectivity index (χ0n) is 17.1. The Hall–Kier alpha value is -2.96. The summed E-state index contributed by atoms with van der Waals surface area (Å²) in [6.45, 7) is 4.95. The van der Waals surface area contributed by atoms with Gasteiger partial charge in [-0.05, 0) is 49.9 Å². The van der Waals surface area contributed by atoms with E-state index in [4.69, 9.17) is 9.47 Å². The van der Waals surface area contributed by atoms with E-state index >= 15 is 0 Å². The predicted octanol–water partition coefficient (Wildman–Crippen LogP) is 4.06. The summed E-state index contributed by atoms with van der Waals surface area (Å²) in [6.07, 6.45) is 0.871. The summed E-state index contributed by atoms with van der Waals surface area (Å²) in [5.41, 5.74) is 1.88. The number of ether oxygens (including phenoxy) is 2. The predicted molar refractivity (Wildman–Crippen MR) is 107 cm³/mol. The fourth-order valence-corrected chi connectivity index (χ4v) is 3.58. The Morgan fingerprint density at radius 1 is 1.03 bits per heavy atom. The number of likely N-dealkylation sites (tertiary alicyclic amines) is 1. The van der Waals surface area contributed by atoms with E-state index < -0.39 is 17.5 Å². The Balaban J connectivity index is 1.43. The first kappa shape index (κ1) is 21.7. The normalized spacial score (nSPS) is 14.5. The van der Waals surface area contributed by atoms with Gasteiger partial charge in [0.05, 0.1) is 11.5 Å². The van der Waals surface area contributed by atoms with Gasteiger partial charge in [-0.25, -0.2) is 8.78 Å². The number of nitrogens with zero attached hydrogens (tertiary/aromatic N) is 1. The molecule has 0 spiro atoms. The summed E-state index contributed by atoms with van der Waals surface area (Å²) in [6, 6.07) is 8.77. The Kier molecular flexibility index (Phi) is 7.03. The summed E-state index contributed by atoms with van der Waals surface area (Å²) in [5.74, 6) is -1.94. The lowest BCUT2D eigenvalue weighted by Crippen LogP contribution is -2.41. The number of para-hydroxylation sites is 1. The van der Waals surface area contributed by atoms with Crippen LogP contribution < -0.4 is 4.74 Å². The summed E-state index contributed by atoms with van der Waals surface area (Å²) in [5, 5.41) is 0. The Morgan fingerprint density at radius 2 is 1.70 bits per heavy atom. The van der Waals surface area contributed by atoms with Gasteiger partial charge in [0, 0.05) is 19.2 Å². The smallest absolute Gasteiger partial charge is 0.309 e. The molecule has 3 rings (SSSR count). The third-order valence-electron chi connectivity index (χ3n) is 5.26. The number of esters is 1. The van der Waals surface area contributed by atoms with Crippen LogP contribution in [0.2, 0.25) is 0 Å². The molecule has 2 aromatic carbocycles. The van der Waals surface area contributed by atoms with Crippen molar-refractivity contribution in [2.45, 2.75) is 26.7 Å². The molecule has 0 saturated carbocycles. The average molecular weight is 417 g/mol. The van der Waals surface area contributed by atoms with E-state index in [9.17, 15) is 18.4 Å². The van der Waals surface area contributed by atoms with Crippen molar-refractivity contribution in [1.29, 1.82) is 0 Å². The summed E-state index contributed by atoms with van der Waals surface area (Å²) in [4.78, 5) is 26.2. The third-order valence-corrected chi connectivity index (χ3v) is 5.26. The van der Waals surface area contributed by atoms with Crippen molar-refractivity contribution < 1.29 is 27.8 Å². The molecule has 0 unspecified atom stereocenters. The second-order valence-electron chi connectivity index (χ2n) is 7.43. The van der Waals surface area contributed by atoms with E-state index in [0.717, 1.165) is 29.0 Å². The Labute approximate surface area is 174 Å². The maximum Gasteiger partial charge on any atom is 0.309 e. The number of hydrogen-bond acceptors (Lipinski definition) is 4. The van der Waals surface area contributed by atoms with Crippen molar-refractivity contribution in [2.24, 2.45) is 5.92 Å².